The van der Waals surface area contributed by atoms with Crippen LogP contribution in [0.2, 0.25) is 0 Å². The molecule has 1 atom stereocenters. The Balaban J connectivity index is 0.00000162. The van der Waals surface area contributed by atoms with Crippen molar-refractivity contribution in [2.45, 2.75) is 6.04 Å². The van der Waals surface area contributed by atoms with Gasteiger partial charge in [-0.1, -0.05) is 12.1 Å². The largest absolute Gasteiger partial charge is 0.394 e. The summed E-state index contributed by atoms with van der Waals surface area (Å²) in [5.74, 6) is -1.72. The quantitative estimate of drug-likeness (QED) is 0.876. The highest BCUT2D eigenvalue weighted by molar-refractivity contribution is 5.85. The highest BCUT2D eigenvalue weighted by Crippen LogP contribution is 2.24. The van der Waals surface area contributed by atoms with Crippen LogP contribution in [-0.4, -0.2) is 42.8 Å². The van der Waals surface area contributed by atoms with Gasteiger partial charge in [0.05, 0.1) is 12.6 Å². The number of nitrogens with zero attached hydrogens (tertiary/aromatic N) is 1. The fourth-order valence-corrected chi connectivity index (χ4v) is 2.18. The van der Waals surface area contributed by atoms with Crippen LogP contribution in [0.3, 0.4) is 0 Å². The zero-order chi connectivity index (χ0) is 12.3. The van der Waals surface area contributed by atoms with E-state index in [9.17, 15) is 13.9 Å². The highest BCUT2D eigenvalue weighted by atomic mass is 35.5. The minimum Gasteiger partial charge on any atom is -0.394 e. The Labute approximate surface area is 111 Å². The third kappa shape index (κ3) is 3.17. The second-order valence-electron chi connectivity index (χ2n) is 4.13. The van der Waals surface area contributed by atoms with Crippen molar-refractivity contribution in [2.75, 3.05) is 32.8 Å². The molecule has 2 rings (SSSR count). The predicted octanol–water partition coefficient (Wildman–Crippen LogP) is 1.33. The molecule has 2 N–H and O–H groups in total. The van der Waals surface area contributed by atoms with Gasteiger partial charge in [0.15, 0.2) is 11.6 Å². The molecule has 0 radical (unpaired) electrons. The van der Waals surface area contributed by atoms with Gasteiger partial charge in [0.25, 0.3) is 0 Å². The van der Waals surface area contributed by atoms with Crippen LogP contribution < -0.4 is 5.32 Å². The third-order valence-corrected chi connectivity index (χ3v) is 3.11. The molecule has 102 valence electrons. The lowest BCUT2D eigenvalue weighted by molar-refractivity contribution is 0.108. The SMILES string of the molecule is Cl.OC[C@H](c1cccc(F)c1F)N1CCNCC1. The van der Waals surface area contributed by atoms with Crippen LogP contribution in [0.25, 0.3) is 0 Å². The summed E-state index contributed by atoms with van der Waals surface area (Å²) in [6, 6.07) is 3.62. The van der Waals surface area contributed by atoms with Gasteiger partial charge >= 0.3 is 0 Å². The lowest BCUT2D eigenvalue weighted by Gasteiger charge is -2.34. The average Bonchev–Trinajstić information content (AvgIpc) is 2.37. The van der Waals surface area contributed by atoms with Crippen LogP contribution in [-0.2, 0) is 0 Å². The van der Waals surface area contributed by atoms with Crippen molar-refractivity contribution in [2.24, 2.45) is 0 Å². The van der Waals surface area contributed by atoms with E-state index in [1.165, 1.54) is 12.1 Å². The molecule has 0 saturated carbocycles. The zero-order valence-electron chi connectivity index (χ0n) is 9.90. The van der Waals surface area contributed by atoms with Crippen molar-refractivity contribution in [3.63, 3.8) is 0 Å². The van der Waals surface area contributed by atoms with Crippen molar-refractivity contribution < 1.29 is 13.9 Å². The van der Waals surface area contributed by atoms with Crippen molar-refractivity contribution >= 4 is 12.4 Å². The number of nitrogens with one attached hydrogen (secondary N) is 1. The maximum atomic E-state index is 13.7. The summed E-state index contributed by atoms with van der Waals surface area (Å²) in [5, 5.41) is 12.6. The van der Waals surface area contributed by atoms with E-state index < -0.39 is 17.7 Å². The average molecular weight is 279 g/mol. The Morgan fingerprint density at radius 3 is 2.56 bits per heavy atom. The highest BCUT2D eigenvalue weighted by Gasteiger charge is 2.24. The molecule has 0 aliphatic carbocycles. The Morgan fingerprint density at radius 2 is 1.94 bits per heavy atom. The minimum atomic E-state index is -0.865. The first-order chi connectivity index (χ1) is 8.24. The monoisotopic (exact) mass is 278 g/mol. The lowest BCUT2D eigenvalue weighted by atomic mass is 10.0. The number of hydrogen-bond donors (Lipinski definition) is 2. The molecule has 0 bridgehead atoms. The number of hydrogen-bond acceptors (Lipinski definition) is 3. The van der Waals surface area contributed by atoms with E-state index in [0.717, 1.165) is 32.2 Å². The molecule has 1 aliphatic heterocycles. The topological polar surface area (TPSA) is 35.5 Å². The van der Waals surface area contributed by atoms with E-state index in [4.69, 9.17) is 0 Å². The van der Waals surface area contributed by atoms with E-state index in [1.807, 2.05) is 4.90 Å². The van der Waals surface area contributed by atoms with Crippen LogP contribution in [0, 0.1) is 11.6 Å². The van der Waals surface area contributed by atoms with Crippen molar-refractivity contribution in [3.8, 4) is 0 Å². The predicted molar refractivity (Wildman–Crippen MR) is 67.9 cm³/mol. The van der Waals surface area contributed by atoms with Crippen LogP contribution in [0.4, 0.5) is 8.78 Å². The first-order valence-corrected chi connectivity index (χ1v) is 5.73. The standard InChI is InChI=1S/C12H16F2N2O.ClH/c13-10-3-1-2-9(12(10)14)11(8-17)16-6-4-15-5-7-16;/h1-3,11,15,17H,4-8H2;1H/t11-;/m1./s1. The molecular weight excluding hydrogens is 262 g/mol. The second kappa shape index (κ2) is 6.99. The van der Waals surface area contributed by atoms with E-state index in [-0.39, 0.29) is 24.6 Å². The molecule has 0 amide bonds. The molecule has 0 aromatic heterocycles. The number of rotatable bonds is 3. The molecule has 1 aromatic rings. The number of benzene rings is 1. The number of aliphatic hydroxyl groups is 1. The summed E-state index contributed by atoms with van der Waals surface area (Å²) in [4.78, 5) is 1.97. The molecule has 1 aliphatic rings. The van der Waals surface area contributed by atoms with E-state index in [1.54, 1.807) is 0 Å². The Morgan fingerprint density at radius 1 is 1.28 bits per heavy atom. The minimum absolute atomic E-state index is 0. The molecule has 1 saturated heterocycles. The number of halogens is 3. The summed E-state index contributed by atoms with van der Waals surface area (Å²) < 4.78 is 26.8. The molecular formula is C12H17ClF2N2O. The smallest absolute Gasteiger partial charge is 0.163 e. The van der Waals surface area contributed by atoms with Crippen molar-refractivity contribution in [3.05, 3.63) is 35.4 Å². The van der Waals surface area contributed by atoms with Crippen molar-refractivity contribution in [1.82, 2.24) is 10.2 Å². The molecule has 6 heteroatoms. The maximum absolute atomic E-state index is 13.7. The molecule has 0 spiro atoms. The first kappa shape index (κ1) is 15.3. The number of aliphatic hydroxyl groups excluding tert-OH is 1. The normalized spacial score (nSPS) is 18.2. The van der Waals surface area contributed by atoms with Crippen LogP contribution in [0.5, 0.6) is 0 Å². The lowest BCUT2D eigenvalue weighted by Crippen LogP contribution is -2.46. The summed E-state index contributed by atoms with van der Waals surface area (Å²) in [5.41, 5.74) is 0.231. The molecule has 1 aromatic carbocycles. The van der Waals surface area contributed by atoms with Gasteiger partial charge < -0.3 is 10.4 Å². The summed E-state index contributed by atoms with van der Waals surface area (Å²) in [6.07, 6.45) is 0. The first-order valence-electron chi connectivity index (χ1n) is 5.73. The Kier molecular flexibility index (Phi) is 5.95. The van der Waals surface area contributed by atoms with Gasteiger partial charge in [-0.3, -0.25) is 4.90 Å². The van der Waals surface area contributed by atoms with Gasteiger partial charge in [-0.05, 0) is 6.07 Å². The Hall–Kier alpha value is -0.750. The molecule has 1 heterocycles. The maximum Gasteiger partial charge on any atom is 0.163 e. The van der Waals surface area contributed by atoms with Gasteiger partial charge in [0, 0.05) is 31.7 Å². The van der Waals surface area contributed by atoms with E-state index >= 15 is 0 Å². The van der Waals surface area contributed by atoms with E-state index in [2.05, 4.69) is 5.32 Å². The number of piperazine rings is 1. The summed E-state index contributed by atoms with van der Waals surface area (Å²) in [7, 11) is 0. The van der Waals surface area contributed by atoms with Gasteiger partial charge in [-0.25, -0.2) is 8.78 Å². The molecule has 18 heavy (non-hydrogen) atoms. The van der Waals surface area contributed by atoms with Crippen molar-refractivity contribution in [1.29, 1.82) is 0 Å². The summed E-state index contributed by atoms with van der Waals surface area (Å²) in [6.45, 7) is 2.84. The van der Waals surface area contributed by atoms with Crippen LogP contribution >= 0.6 is 12.4 Å². The zero-order valence-corrected chi connectivity index (χ0v) is 10.7. The summed E-state index contributed by atoms with van der Waals surface area (Å²) >= 11 is 0. The fraction of sp³-hybridized carbons (Fsp3) is 0.500. The molecule has 3 nitrogen and oxygen atoms in total. The molecule has 1 fully saturated rings. The van der Waals surface area contributed by atoms with Crippen LogP contribution in [0.15, 0.2) is 18.2 Å². The van der Waals surface area contributed by atoms with E-state index in [0.29, 0.717) is 0 Å². The van der Waals surface area contributed by atoms with Gasteiger partial charge in [0.2, 0.25) is 0 Å². The van der Waals surface area contributed by atoms with Gasteiger partial charge in [-0.2, -0.15) is 0 Å². The third-order valence-electron chi connectivity index (χ3n) is 3.11. The van der Waals surface area contributed by atoms with Crippen LogP contribution in [0.1, 0.15) is 11.6 Å². The fourth-order valence-electron chi connectivity index (χ4n) is 2.18. The Bertz CT molecular complexity index is 386. The van der Waals surface area contributed by atoms with Gasteiger partial charge in [-0.15, -0.1) is 12.4 Å². The second-order valence-corrected chi connectivity index (χ2v) is 4.13. The molecule has 0 unspecified atom stereocenters. The van der Waals surface area contributed by atoms with Gasteiger partial charge in [0.1, 0.15) is 0 Å².